The van der Waals surface area contributed by atoms with Crippen LogP contribution in [0.1, 0.15) is 15.9 Å². The molecule has 0 saturated carbocycles. The van der Waals surface area contributed by atoms with Crippen LogP contribution in [-0.2, 0) is 0 Å². The minimum atomic E-state index is -0.156. The quantitative estimate of drug-likeness (QED) is 0.638. The molecule has 0 unspecified atom stereocenters. The molecule has 3 aromatic rings. The first-order valence-corrected chi connectivity index (χ1v) is 6.75. The van der Waals surface area contributed by atoms with E-state index in [9.17, 15) is 4.79 Å². The van der Waals surface area contributed by atoms with Crippen molar-refractivity contribution in [3.8, 4) is 0 Å². The summed E-state index contributed by atoms with van der Waals surface area (Å²) < 4.78 is 0. The van der Waals surface area contributed by atoms with Gasteiger partial charge >= 0.3 is 0 Å². The van der Waals surface area contributed by atoms with Crippen LogP contribution in [0.3, 0.4) is 0 Å². The summed E-state index contributed by atoms with van der Waals surface area (Å²) in [6, 6.07) is 12.5. The van der Waals surface area contributed by atoms with Gasteiger partial charge in [-0.05, 0) is 23.6 Å². The summed E-state index contributed by atoms with van der Waals surface area (Å²) >= 11 is 12.1. The van der Waals surface area contributed by atoms with Crippen molar-refractivity contribution in [1.82, 2.24) is 4.98 Å². The molecule has 2 aromatic carbocycles. The third-order valence-corrected chi connectivity index (χ3v) is 3.94. The number of pyridine rings is 1. The zero-order valence-electron chi connectivity index (χ0n) is 10.3. The van der Waals surface area contributed by atoms with Gasteiger partial charge in [0.05, 0.1) is 10.0 Å². The van der Waals surface area contributed by atoms with E-state index in [4.69, 9.17) is 23.2 Å². The number of rotatable bonds is 2. The lowest BCUT2D eigenvalue weighted by atomic mass is 9.98. The van der Waals surface area contributed by atoms with Crippen LogP contribution in [0.4, 0.5) is 0 Å². The molecule has 0 aliphatic rings. The molecule has 98 valence electrons. The van der Waals surface area contributed by atoms with Gasteiger partial charge in [0.25, 0.3) is 0 Å². The second-order valence-corrected chi connectivity index (χ2v) is 5.12. The largest absolute Gasteiger partial charge is 0.289 e. The first-order chi connectivity index (χ1) is 9.68. The van der Waals surface area contributed by atoms with E-state index in [-0.39, 0.29) is 10.8 Å². The zero-order valence-corrected chi connectivity index (χ0v) is 11.8. The Bertz CT molecular complexity index is 809. The molecule has 0 N–H and O–H groups in total. The first kappa shape index (κ1) is 13.1. The van der Waals surface area contributed by atoms with E-state index in [0.717, 1.165) is 10.8 Å². The first-order valence-electron chi connectivity index (χ1n) is 6.00. The van der Waals surface area contributed by atoms with Crippen LogP contribution < -0.4 is 0 Å². The van der Waals surface area contributed by atoms with Crippen molar-refractivity contribution >= 4 is 39.8 Å². The van der Waals surface area contributed by atoms with Crippen molar-refractivity contribution in [2.75, 3.05) is 0 Å². The third-order valence-electron chi connectivity index (χ3n) is 3.12. The Labute approximate surface area is 126 Å². The van der Waals surface area contributed by atoms with Crippen LogP contribution in [0.25, 0.3) is 10.8 Å². The van der Waals surface area contributed by atoms with Gasteiger partial charge in [0, 0.05) is 28.9 Å². The molecule has 4 heteroatoms. The molecule has 0 saturated heterocycles. The third kappa shape index (κ3) is 2.17. The van der Waals surface area contributed by atoms with Gasteiger partial charge in [-0.1, -0.05) is 47.5 Å². The van der Waals surface area contributed by atoms with Crippen LogP contribution in [0.15, 0.2) is 54.9 Å². The summed E-state index contributed by atoms with van der Waals surface area (Å²) in [5, 5.41) is 2.41. The number of carbonyl (C=O) groups is 1. The molecule has 0 aliphatic heterocycles. The molecule has 0 aliphatic carbocycles. The van der Waals surface area contributed by atoms with E-state index in [2.05, 4.69) is 4.98 Å². The minimum absolute atomic E-state index is 0.156. The van der Waals surface area contributed by atoms with E-state index in [0.29, 0.717) is 16.1 Å². The summed E-state index contributed by atoms with van der Waals surface area (Å²) in [5.41, 5.74) is 0.968. The molecule has 3 rings (SSSR count). The molecule has 20 heavy (non-hydrogen) atoms. The highest BCUT2D eigenvalue weighted by Crippen LogP contribution is 2.29. The summed E-state index contributed by atoms with van der Waals surface area (Å²) in [6.45, 7) is 0. The number of ketones is 1. The lowest BCUT2D eigenvalue weighted by molar-refractivity contribution is 0.104. The number of aromatic nitrogens is 1. The normalized spacial score (nSPS) is 10.7. The fourth-order valence-corrected chi connectivity index (χ4v) is 2.52. The fraction of sp³-hybridized carbons (Fsp3) is 0. The van der Waals surface area contributed by atoms with Crippen LogP contribution in [0, 0.1) is 0 Å². The number of carbonyl (C=O) groups excluding carboxylic acids is 1. The average Bonchev–Trinajstić information content (AvgIpc) is 2.49. The number of halogens is 2. The highest BCUT2D eigenvalue weighted by atomic mass is 35.5. The van der Waals surface area contributed by atoms with Gasteiger partial charge in [0.2, 0.25) is 0 Å². The summed E-state index contributed by atoms with van der Waals surface area (Å²) in [6.07, 6.45) is 3.38. The Kier molecular flexibility index (Phi) is 3.43. The fourth-order valence-electron chi connectivity index (χ4n) is 2.14. The van der Waals surface area contributed by atoms with Crippen molar-refractivity contribution in [3.05, 3.63) is 76.0 Å². The van der Waals surface area contributed by atoms with Gasteiger partial charge in [-0.2, -0.15) is 0 Å². The molecule has 0 atom stereocenters. The number of hydrogen-bond donors (Lipinski definition) is 0. The molecular weight excluding hydrogens is 293 g/mol. The van der Waals surface area contributed by atoms with Gasteiger partial charge in [-0.25, -0.2) is 0 Å². The standard InChI is InChI=1S/C16H9Cl2NO/c17-14-6-2-5-12(15(14)18)16(20)11-4-1-3-10-7-8-19-9-13(10)11/h1-9H. The highest BCUT2D eigenvalue weighted by Gasteiger charge is 2.16. The molecular formula is C16H9Cl2NO. The van der Waals surface area contributed by atoms with Crippen molar-refractivity contribution in [1.29, 1.82) is 0 Å². The van der Waals surface area contributed by atoms with E-state index in [1.165, 1.54) is 0 Å². The van der Waals surface area contributed by atoms with E-state index in [1.54, 1.807) is 36.7 Å². The predicted molar refractivity (Wildman–Crippen MR) is 81.6 cm³/mol. The van der Waals surface area contributed by atoms with Gasteiger partial charge in [-0.15, -0.1) is 0 Å². The monoisotopic (exact) mass is 301 g/mol. The second-order valence-electron chi connectivity index (χ2n) is 4.33. The van der Waals surface area contributed by atoms with Crippen LogP contribution in [0.2, 0.25) is 10.0 Å². The Balaban J connectivity index is 2.21. The SMILES string of the molecule is O=C(c1cccc(Cl)c1Cl)c1cccc2ccncc12. The predicted octanol–water partition coefficient (Wildman–Crippen LogP) is 4.77. The molecule has 0 fully saturated rings. The average molecular weight is 302 g/mol. The van der Waals surface area contributed by atoms with Gasteiger partial charge < -0.3 is 0 Å². The summed E-state index contributed by atoms with van der Waals surface area (Å²) in [5.74, 6) is -0.156. The topological polar surface area (TPSA) is 30.0 Å². The summed E-state index contributed by atoms with van der Waals surface area (Å²) in [7, 11) is 0. The Hall–Kier alpha value is -1.90. The molecule has 0 radical (unpaired) electrons. The van der Waals surface area contributed by atoms with Crippen LogP contribution in [-0.4, -0.2) is 10.8 Å². The molecule has 0 bridgehead atoms. The van der Waals surface area contributed by atoms with Gasteiger partial charge in [0.15, 0.2) is 5.78 Å². The van der Waals surface area contributed by atoms with Crippen molar-refractivity contribution < 1.29 is 4.79 Å². The minimum Gasteiger partial charge on any atom is -0.289 e. The Morgan fingerprint density at radius 3 is 2.55 bits per heavy atom. The molecule has 0 amide bonds. The molecule has 1 heterocycles. The lowest BCUT2D eigenvalue weighted by Gasteiger charge is -2.07. The maximum Gasteiger partial charge on any atom is 0.195 e. The zero-order chi connectivity index (χ0) is 14.1. The number of benzene rings is 2. The molecule has 0 spiro atoms. The smallest absolute Gasteiger partial charge is 0.195 e. The number of fused-ring (bicyclic) bond motifs is 1. The maximum atomic E-state index is 12.7. The van der Waals surface area contributed by atoms with Crippen molar-refractivity contribution in [2.24, 2.45) is 0 Å². The van der Waals surface area contributed by atoms with Crippen molar-refractivity contribution in [3.63, 3.8) is 0 Å². The summed E-state index contributed by atoms with van der Waals surface area (Å²) in [4.78, 5) is 16.7. The second kappa shape index (κ2) is 5.23. The number of nitrogens with zero attached hydrogens (tertiary/aromatic N) is 1. The van der Waals surface area contributed by atoms with E-state index in [1.807, 2.05) is 18.2 Å². The van der Waals surface area contributed by atoms with Crippen LogP contribution >= 0.6 is 23.2 Å². The van der Waals surface area contributed by atoms with E-state index >= 15 is 0 Å². The van der Waals surface area contributed by atoms with Gasteiger partial charge in [0.1, 0.15) is 0 Å². The number of hydrogen-bond acceptors (Lipinski definition) is 2. The highest BCUT2D eigenvalue weighted by molar-refractivity contribution is 6.44. The Morgan fingerprint density at radius 2 is 1.70 bits per heavy atom. The molecule has 1 aromatic heterocycles. The van der Waals surface area contributed by atoms with Crippen molar-refractivity contribution in [2.45, 2.75) is 0 Å². The lowest BCUT2D eigenvalue weighted by Crippen LogP contribution is -2.03. The Morgan fingerprint density at radius 1 is 0.950 bits per heavy atom. The van der Waals surface area contributed by atoms with Gasteiger partial charge in [-0.3, -0.25) is 9.78 Å². The van der Waals surface area contributed by atoms with Crippen LogP contribution in [0.5, 0.6) is 0 Å². The molecule has 2 nitrogen and oxygen atoms in total. The maximum absolute atomic E-state index is 12.7. The van der Waals surface area contributed by atoms with E-state index < -0.39 is 0 Å².